The van der Waals surface area contributed by atoms with E-state index in [-0.39, 0.29) is 5.15 Å². The third-order valence-corrected chi connectivity index (χ3v) is 3.11. The van der Waals surface area contributed by atoms with Crippen LogP contribution in [0.4, 0.5) is 11.8 Å². The highest BCUT2D eigenvalue weighted by molar-refractivity contribution is 6.31. The summed E-state index contributed by atoms with van der Waals surface area (Å²) in [7, 11) is 0. The van der Waals surface area contributed by atoms with Crippen LogP contribution in [0.25, 0.3) is 0 Å². The quantitative estimate of drug-likeness (QED) is 0.878. The molecular formula is C13H14ClN5. The molecule has 2 aromatic rings. The molecular weight excluding hydrogens is 262 g/mol. The maximum Gasteiger partial charge on any atom is 0.245 e. The van der Waals surface area contributed by atoms with E-state index >= 15 is 0 Å². The molecule has 1 aromatic heterocycles. The van der Waals surface area contributed by atoms with Gasteiger partial charge in [-0.25, -0.2) is 0 Å². The van der Waals surface area contributed by atoms with E-state index in [4.69, 9.17) is 11.6 Å². The smallest absolute Gasteiger partial charge is 0.245 e. The SMILES string of the molecule is Clc1nnc(NC2CC2)nc1NCc1ccccc1. The first-order valence-corrected chi connectivity index (χ1v) is 6.63. The van der Waals surface area contributed by atoms with Crippen LogP contribution >= 0.6 is 11.6 Å². The molecule has 0 spiro atoms. The number of halogens is 1. The topological polar surface area (TPSA) is 62.7 Å². The standard InChI is InChI=1S/C13H14ClN5/c14-11-12(15-8-9-4-2-1-3-5-9)17-13(19-18-11)16-10-6-7-10/h1-5,10H,6-8H2,(H2,15,16,17,19). The minimum atomic E-state index is 0.289. The predicted octanol–water partition coefficient (Wildman–Crippen LogP) is 2.71. The Labute approximate surface area is 116 Å². The lowest BCUT2D eigenvalue weighted by molar-refractivity contribution is 0.937. The van der Waals surface area contributed by atoms with Crippen molar-refractivity contribution in [3.63, 3.8) is 0 Å². The minimum Gasteiger partial charge on any atom is -0.363 e. The van der Waals surface area contributed by atoms with Crippen molar-refractivity contribution < 1.29 is 0 Å². The summed E-state index contributed by atoms with van der Waals surface area (Å²) in [6.45, 7) is 0.655. The molecule has 0 saturated heterocycles. The number of nitrogens with one attached hydrogen (secondary N) is 2. The predicted molar refractivity (Wildman–Crippen MR) is 75.3 cm³/mol. The molecule has 1 heterocycles. The van der Waals surface area contributed by atoms with Crippen LogP contribution in [0.3, 0.4) is 0 Å². The lowest BCUT2D eigenvalue weighted by Gasteiger charge is -2.08. The van der Waals surface area contributed by atoms with Crippen molar-refractivity contribution in [2.24, 2.45) is 0 Å². The van der Waals surface area contributed by atoms with Gasteiger partial charge in [-0.3, -0.25) is 0 Å². The van der Waals surface area contributed by atoms with Gasteiger partial charge in [-0.2, -0.15) is 4.98 Å². The van der Waals surface area contributed by atoms with Crippen LogP contribution in [-0.2, 0) is 6.54 Å². The van der Waals surface area contributed by atoms with Crippen molar-refractivity contribution >= 4 is 23.4 Å². The summed E-state index contributed by atoms with van der Waals surface area (Å²) >= 11 is 5.99. The summed E-state index contributed by atoms with van der Waals surface area (Å²) in [6.07, 6.45) is 2.33. The number of anilines is 2. The van der Waals surface area contributed by atoms with E-state index in [0.29, 0.717) is 24.4 Å². The van der Waals surface area contributed by atoms with Crippen LogP contribution < -0.4 is 10.6 Å². The molecule has 0 aliphatic heterocycles. The van der Waals surface area contributed by atoms with E-state index in [0.717, 1.165) is 5.56 Å². The van der Waals surface area contributed by atoms with Crippen LogP contribution in [0.1, 0.15) is 18.4 Å². The number of rotatable bonds is 5. The third-order valence-electron chi connectivity index (χ3n) is 2.86. The van der Waals surface area contributed by atoms with Crippen LogP contribution in [0.2, 0.25) is 5.15 Å². The molecule has 0 radical (unpaired) electrons. The molecule has 98 valence electrons. The van der Waals surface area contributed by atoms with E-state index in [1.165, 1.54) is 12.8 Å². The highest BCUT2D eigenvalue weighted by Crippen LogP contribution is 2.24. The van der Waals surface area contributed by atoms with Crippen molar-refractivity contribution in [2.75, 3.05) is 10.6 Å². The van der Waals surface area contributed by atoms with Gasteiger partial charge in [0.25, 0.3) is 0 Å². The van der Waals surface area contributed by atoms with Crippen LogP contribution in [0.5, 0.6) is 0 Å². The summed E-state index contributed by atoms with van der Waals surface area (Å²) < 4.78 is 0. The van der Waals surface area contributed by atoms with Gasteiger partial charge in [0.05, 0.1) is 0 Å². The van der Waals surface area contributed by atoms with Crippen molar-refractivity contribution in [3.8, 4) is 0 Å². The maximum atomic E-state index is 5.99. The molecule has 0 bridgehead atoms. The van der Waals surface area contributed by atoms with Crippen LogP contribution in [-0.4, -0.2) is 21.2 Å². The Hall–Kier alpha value is -1.88. The highest BCUT2D eigenvalue weighted by atomic mass is 35.5. The molecule has 1 aromatic carbocycles. The molecule has 1 aliphatic rings. The van der Waals surface area contributed by atoms with Gasteiger partial charge in [0.2, 0.25) is 5.95 Å². The van der Waals surface area contributed by atoms with E-state index in [1.807, 2.05) is 30.3 Å². The Kier molecular flexibility index (Phi) is 3.46. The van der Waals surface area contributed by atoms with Crippen molar-refractivity contribution in [1.29, 1.82) is 0 Å². The Bertz CT molecular complexity index is 556. The number of nitrogens with zero attached hydrogens (tertiary/aromatic N) is 3. The van der Waals surface area contributed by atoms with Gasteiger partial charge >= 0.3 is 0 Å². The van der Waals surface area contributed by atoms with Gasteiger partial charge in [0.1, 0.15) is 0 Å². The average Bonchev–Trinajstić information content (AvgIpc) is 3.24. The molecule has 1 aliphatic carbocycles. The number of aromatic nitrogens is 3. The third kappa shape index (κ3) is 3.32. The molecule has 1 fully saturated rings. The monoisotopic (exact) mass is 275 g/mol. The molecule has 2 N–H and O–H groups in total. The Morgan fingerprint density at radius 1 is 1.16 bits per heavy atom. The summed E-state index contributed by atoms with van der Waals surface area (Å²) in [5, 5.41) is 14.5. The van der Waals surface area contributed by atoms with E-state index in [1.54, 1.807) is 0 Å². The summed E-state index contributed by atoms with van der Waals surface area (Å²) in [5.41, 5.74) is 1.16. The second kappa shape index (κ2) is 5.40. The number of hydrogen-bond acceptors (Lipinski definition) is 5. The zero-order valence-electron chi connectivity index (χ0n) is 10.3. The normalized spacial score (nSPS) is 14.2. The fourth-order valence-corrected chi connectivity index (χ4v) is 1.83. The zero-order chi connectivity index (χ0) is 13.1. The minimum absolute atomic E-state index is 0.289. The van der Waals surface area contributed by atoms with E-state index < -0.39 is 0 Å². The van der Waals surface area contributed by atoms with Crippen molar-refractivity contribution in [1.82, 2.24) is 15.2 Å². The molecule has 3 rings (SSSR count). The molecule has 0 atom stereocenters. The average molecular weight is 276 g/mol. The summed E-state index contributed by atoms with van der Waals surface area (Å²) in [4.78, 5) is 4.34. The molecule has 0 unspecified atom stereocenters. The Morgan fingerprint density at radius 3 is 2.68 bits per heavy atom. The summed E-state index contributed by atoms with van der Waals surface area (Å²) in [5.74, 6) is 1.09. The fourth-order valence-electron chi connectivity index (χ4n) is 1.68. The van der Waals surface area contributed by atoms with Gasteiger partial charge in [0, 0.05) is 12.6 Å². The van der Waals surface area contributed by atoms with Gasteiger partial charge in [0.15, 0.2) is 11.0 Å². The molecule has 1 saturated carbocycles. The molecule has 5 nitrogen and oxygen atoms in total. The number of hydrogen-bond donors (Lipinski definition) is 2. The Morgan fingerprint density at radius 2 is 1.95 bits per heavy atom. The molecule has 0 amide bonds. The zero-order valence-corrected chi connectivity index (χ0v) is 11.1. The van der Waals surface area contributed by atoms with Gasteiger partial charge in [-0.15, -0.1) is 10.2 Å². The largest absolute Gasteiger partial charge is 0.363 e. The second-order valence-electron chi connectivity index (χ2n) is 4.53. The van der Waals surface area contributed by atoms with Gasteiger partial charge in [-0.05, 0) is 18.4 Å². The van der Waals surface area contributed by atoms with Crippen molar-refractivity contribution in [3.05, 3.63) is 41.0 Å². The van der Waals surface area contributed by atoms with Crippen LogP contribution in [0, 0.1) is 0 Å². The second-order valence-corrected chi connectivity index (χ2v) is 4.89. The fraction of sp³-hybridized carbons (Fsp3) is 0.308. The van der Waals surface area contributed by atoms with Gasteiger partial charge in [-0.1, -0.05) is 41.9 Å². The van der Waals surface area contributed by atoms with Gasteiger partial charge < -0.3 is 10.6 Å². The first-order chi connectivity index (χ1) is 9.31. The van der Waals surface area contributed by atoms with E-state index in [9.17, 15) is 0 Å². The number of benzene rings is 1. The van der Waals surface area contributed by atoms with Crippen LogP contribution in [0.15, 0.2) is 30.3 Å². The lowest BCUT2D eigenvalue weighted by Crippen LogP contribution is -2.10. The molecule has 6 heteroatoms. The highest BCUT2D eigenvalue weighted by Gasteiger charge is 2.22. The lowest BCUT2D eigenvalue weighted by atomic mass is 10.2. The van der Waals surface area contributed by atoms with E-state index in [2.05, 4.69) is 25.8 Å². The van der Waals surface area contributed by atoms with Crippen molar-refractivity contribution in [2.45, 2.75) is 25.4 Å². The maximum absolute atomic E-state index is 5.99. The Balaban J connectivity index is 1.68. The molecule has 19 heavy (non-hydrogen) atoms. The first-order valence-electron chi connectivity index (χ1n) is 6.26. The summed E-state index contributed by atoms with van der Waals surface area (Å²) in [6, 6.07) is 10.6. The first kappa shape index (κ1) is 12.2.